The first-order valence-corrected chi connectivity index (χ1v) is 7.94. The number of benzene rings is 1. The van der Waals surface area contributed by atoms with E-state index < -0.39 is 12.6 Å². The molecule has 1 saturated heterocycles. The number of aliphatic carboxylic acids is 1. The van der Waals surface area contributed by atoms with Crippen molar-refractivity contribution in [1.29, 1.82) is 0 Å². The minimum atomic E-state index is -1.07. The van der Waals surface area contributed by atoms with Gasteiger partial charge in [-0.3, -0.25) is 4.79 Å². The Morgan fingerprint density at radius 2 is 2.08 bits per heavy atom. The van der Waals surface area contributed by atoms with Crippen LogP contribution in [0.15, 0.2) is 18.2 Å². The van der Waals surface area contributed by atoms with E-state index in [0.717, 1.165) is 6.42 Å². The van der Waals surface area contributed by atoms with Gasteiger partial charge in [0.1, 0.15) is 0 Å². The van der Waals surface area contributed by atoms with Crippen molar-refractivity contribution < 1.29 is 28.9 Å². The van der Waals surface area contributed by atoms with Gasteiger partial charge >= 0.3 is 5.97 Å². The van der Waals surface area contributed by atoms with E-state index in [0.29, 0.717) is 49.3 Å². The van der Waals surface area contributed by atoms with E-state index in [4.69, 9.17) is 19.3 Å². The summed E-state index contributed by atoms with van der Waals surface area (Å²) in [7, 11) is 1.66. The molecule has 0 saturated carbocycles. The molecule has 0 bridgehead atoms. The highest BCUT2D eigenvalue weighted by molar-refractivity contribution is 5.95. The fourth-order valence-electron chi connectivity index (χ4n) is 2.74. The van der Waals surface area contributed by atoms with Crippen molar-refractivity contribution in [3.05, 3.63) is 23.8 Å². The number of carbonyl (C=O) groups is 2. The molecule has 0 aliphatic carbocycles. The first-order valence-electron chi connectivity index (χ1n) is 7.94. The summed E-state index contributed by atoms with van der Waals surface area (Å²) in [6, 6.07) is 4.81. The summed E-state index contributed by atoms with van der Waals surface area (Å²) < 4.78 is 15.8. The summed E-state index contributed by atoms with van der Waals surface area (Å²) in [5.41, 5.74) is 0.499. The largest absolute Gasteiger partial charge is 0.490 e. The van der Waals surface area contributed by atoms with Gasteiger partial charge in [-0.2, -0.15) is 0 Å². The molecule has 1 N–H and O–H groups in total. The predicted molar refractivity (Wildman–Crippen MR) is 86.6 cm³/mol. The molecular formula is C17H23NO6. The molecule has 1 aliphatic rings. The maximum absolute atomic E-state index is 12.6. The number of likely N-dealkylation sites (tertiary alicyclic amines) is 1. The van der Waals surface area contributed by atoms with Crippen LogP contribution in [0.25, 0.3) is 0 Å². The average Bonchev–Trinajstić information content (AvgIpc) is 3.02. The number of hydrogen-bond donors (Lipinski definition) is 1. The second kappa shape index (κ2) is 8.54. The summed E-state index contributed by atoms with van der Waals surface area (Å²) in [6.07, 6.45) is 0.928. The second-order valence-corrected chi connectivity index (χ2v) is 5.64. The Labute approximate surface area is 141 Å². The van der Waals surface area contributed by atoms with Crippen molar-refractivity contribution in [1.82, 2.24) is 4.90 Å². The van der Waals surface area contributed by atoms with Crippen LogP contribution in [0.2, 0.25) is 0 Å². The number of rotatable bonds is 8. The average molecular weight is 337 g/mol. The van der Waals surface area contributed by atoms with E-state index in [1.54, 1.807) is 30.2 Å². The lowest BCUT2D eigenvalue weighted by molar-refractivity contribution is -0.139. The maximum Gasteiger partial charge on any atom is 0.341 e. The zero-order valence-electron chi connectivity index (χ0n) is 14.0. The SMILES string of the molecule is CCOc1cc(C(=O)N2CCC(COC)C2)ccc1OCC(=O)O. The van der Waals surface area contributed by atoms with Gasteiger partial charge in [-0.05, 0) is 31.5 Å². The Kier molecular flexibility index (Phi) is 6.43. The van der Waals surface area contributed by atoms with Gasteiger partial charge in [0.05, 0.1) is 13.2 Å². The number of methoxy groups -OCH3 is 1. The molecule has 7 heteroatoms. The normalized spacial score (nSPS) is 16.9. The molecule has 0 spiro atoms. The number of amides is 1. The van der Waals surface area contributed by atoms with Crippen molar-refractivity contribution >= 4 is 11.9 Å². The van der Waals surface area contributed by atoms with E-state index in [1.165, 1.54) is 0 Å². The summed E-state index contributed by atoms with van der Waals surface area (Å²) in [4.78, 5) is 25.1. The molecule has 1 aliphatic heterocycles. The second-order valence-electron chi connectivity index (χ2n) is 5.64. The highest BCUT2D eigenvalue weighted by atomic mass is 16.5. The lowest BCUT2D eigenvalue weighted by atomic mass is 10.1. The Hall–Kier alpha value is -2.28. The molecule has 1 aromatic carbocycles. The van der Waals surface area contributed by atoms with Gasteiger partial charge in [-0.15, -0.1) is 0 Å². The van der Waals surface area contributed by atoms with Crippen LogP contribution in [-0.4, -0.2) is 61.9 Å². The molecule has 1 unspecified atom stereocenters. The van der Waals surface area contributed by atoms with Crippen LogP contribution < -0.4 is 9.47 Å². The first-order chi connectivity index (χ1) is 11.5. The third kappa shape index (κ3) is 4.61. The van der Waals surface area contributed by atoms with Gasteiger partial charge in [0.25, 0.3) is 5.91 Å². The van der Waals surface area contributed by atoms with Crippen LogP contribution in [0.5, 0.6) is 11.5 Å². The molecule has 7 nitrogen and oxygen atoms in total. The summed E-state index contributed by atoms with van der Waals surface area (Å²) in [5.74, 6) is -0.0894. The molecule has 1 heterocycles. The van der Waals surface area contributed by atoms with Crippen molar-refractivity contribution in [2.45, 2.75) is 13.3 Å². The van der Waals surface area contributed by atoms with Crippen LogP contribution >= 0.6 is 0 Å². The van der Waals surface area contributed by atoms with Crippen molar-refractivity contribution in [2.75, 3.05) is 40.0 Å². The maximum atomic E-state index is 12.6. The smallest absolute Gasteiger partial charge is 0.341 e. The molecule has 1 fully saturated rings. The van der Waals surface area contributed by atoms with Gasteiger partial charge in [0, 0.05) is 31.7 Å². The van der Waals surface area contributed by atoms with Crippen LogP contribution in [0.3, 0.4) is 0 Å². The van der Waals surface area contributed by atoms with Crippen LogP contribution in [0.4, 0.5) is 0 Å². The lowest BCUT2D eigenvalue weighted by Gasteiger charge is -2.18. The highest BCUT2D eigenvalue weighted by Gasteiger charge is 2.27. The van der Waals surface area contributed by atoms with Gasteiger partial charge in [-0.1, -0.05) is 0 Å². The molecule has 1 atom stereocenters. The topological polar surface area (TPSA) is 85.3 Å². The van der Waals surface area contributed by atoms with E-state index in [-0.39, 0.29) is 5.91 Å². The molecule has 1 aromatic rings. The molecule has 1 amide bonds. The number of hydrogen-bond acceptors (Lipinski definition) is 5. The molecule has 2 rings (SSSR count). The summed E-state index contributed by atoms with van der Waals surface area (Å²) in [6.45, 7) is 3.77. The Morgan fingerprint density at radius 3 is 2.75 bits per heavy atom. The molecule has 0 aromatic heterocycles. The summed E-state index contributed by atoms with van der Waals surface area (Å²) in [5, 5.41) is 8.71. The Morgan fingerprint density at radius 1 is 1.29 bits per heavy atom. The quantitative estimate of drug-likeness (QED) is 0.776. The molecular weight excluding hydrogens is 314 g/mol. The number of nitrogens with zero attached hydrogens (tertiary/aromatic N) is 1. The predicted octanol–water partition coefficient (Wildman–Crippen LogP) is 1.66. The van der Waals surface area contributed by atoms with Crippen molar-refractivity contribution in [3.8, 4) is 11.5 Å². The van der Waals surface area contributed by atoms with Crippen LogP contribution in [-0.2, 0) is 9.53 Å². The van der Waals surface area contributed by atoms with Gasteiger partial charge in [-0.25, -0.2) is 4.79 Å². The number of carbonyl (C=O) groups excluding carboxylic acids is 1. The fraction of sp³-hybridized carbons (Fsp3) is 0.529. The highest BCUT2D eigenvalue weighted by Crippen LogP contribution is 2.30. The zero-order chi connectivity index (χ0) is 17.5. The zero-order valence-corrected chi connectivity index (χ0v) is 14.0. The molecule has 0 radical (unpaired) electrons. The van der Waals surface area contributed by atoms with Crippen LogP contribution in [0.1, 0.15) is 23.7 Å². The number of carboxylic acid groups (broad SMARTS) is 1. The Balaban J connectivity index is 2.11. The monoisotopic (exact) mass is 337 g/mol. The van der Waals surface area contributed by atoms with Crippen LogP contribution in [0, 0.1) is 5.92 Å². The summed E-state index contributed by atoms with van der Waals surface area (Å²) >= 11 is 0. The first kappa shape index (κ1) is 18.1. The van der Waals surface area contributed by atoms with E-state index >= 15 is 0 Å². The number of carboxylic acids is 1. The third-order valence-corrected chi connectivity index (χ3v) is 3.82. The minimum absolute atomic E-state index is 0.0701. The minimum Gasteiger partial charge on any atom is -0.490 e. The van der Waals surface area contributed by atoms with Gasteiger partial charge in [0.15, 0.2) is 18.1 Å². The van der Waals surface area contributed by atoms with Gasteiger partial charge < -0.3 is 24.2 Å². The van der Waals surface area contributed by atoms with Crippen molar-refractivity contribution in [2.24, 2.45) is 5.92 Å². The van der Waals surface area contributed by atoms with E-state index in [2.05, 4.69) is 0 Å². The molecule has 24 heavy (non-hydrogen) atoms. The Bertz CT molecular complexity index is 588. The molecule has 132 valence electrons. The third-order valence-electron chi connectivity index (χ3n) is 3.82. The lowest BCUT2D eigenvalue weighted by Crippen LogP contribution is -2.29. The van der Waals surface area contributed by atoms with Crippen molar-refractivity contribution in [3.63, 3.8) is 0 Å². The standard InChI is InChI=1S/C17H23NO6/c1-3-23-15-8-13(4-5-14(15)24-11-16(19)20)17(21)18-7-6-12(9-18)10-22-2/h4-5,8,12H,3,6-7,9-11H2,1-2H3,(H,19,20). The van der Waals surface area contributed by atoms with Gasteiger partial charge in [0.2, 0.25) is 0 Å². The van der Waals surface area contributed by atoms with E-state index in [1.807, 2.05) is 6.92 Å². The van der Waals surface area contributed by atoms with E-state index in [9.17, 15) is 9.59 Å². The number of ether oxygens (including phenoxy) is 3. The fourth-order valence-corrected chi connectivity index (χ4v) is 2.74.